The summed E-state index contributed by atoms with van der Waals surface area (Å²) in [6.07, 6.45) is -0.988. The van der Waals surface area contributed by atoms with E-state index in [-0.39, 0.29) is 80.2 Å². The van der Waals surface area contributed by atoms with Crippen molar-refractivity contribution < 1.29 is 76.1 Å². The van der Waals surface area contributed by atoms with Crippen molar-refractivity contribution in [1.82, 2.24) is 5.32 Å². The Balaban J connectivity index is 5.26. The van der Waals surface area contributed by atoms with Gasteiger partial charge in [0.05, 0.1) is 37.5 Å². The highest BCUT2D eigenvalue weighted by molar-refractivity contribution is 8.14. The molecule has 3 atom stereocenters. The molecule has 0 aliphatic carbocycles. The van der Waals surface area contributed by atoms with Gasteiger partial charge in [0.1, 0.15) is 19.8 Å². The SMILES string of the molecule is CCO[Si](CCCNC(=O)SC(C)CC(=O)OCC(C)(COC(=O)CC(C)SC(=O)CCC(=O)O)COC(=O)CC(C)SC(=O)CCC(=O)O)(OCC)OCC. The molecule has 0 heterocycles. The zero-order valence-corrected chi connectivity index (χ0v) is 36.8. The molecule has 3 N–H and O–H groups in total. The molecular formula is C35H59NO16S3Si. The molecule has 0 fully saturated rings. The first-order valence-electron chi connectivity index (χ1n) is 18.4. The Bertz CT molecular complexity index is 1220. The summed E-state index contributed by atoms with van der Waals surface area (Å²) in [4.78, 5) is 96.2. The van der Waals surface area contributed by atoms with E-state index in [1.165, 1.54) is 0 Å². The number of rotatable bonds is 31. The van der Waals surface area contributed by atoms with Crippen LogP contribution in [-0.2, 0) is 61.1 Å². The van der Waals surface area contributed by atoms with Crippen molar-refractivity contribution in [2.75, 3.05) is 46.2 Å². The topological polar surface area (TPSA) is 244 Å². The Kier molecular flexibility index (Phi) is 28.1. The van der Waals surface area contributed by atoms with Gasteiger partial charge in [-0.3, -0.25) is 38.4 Å². The molecule has 3 unspecified atom stereocenters. The predicted octanol–water partition coefficient (Wildman–Crippen LogP) is 5.09. The van der Waals surface area contributed by atoms with E-state index >= 15 is 0 Å². The van der Waals surface area contributed by atoms with Crippen LogP contribution in [0.15, 0.2) is 0 Å². The van der Waals surface area contributed by atoms with Crippen LogP contribution in [0.3, 0.4) is 0 Å². The van der Waals surface area contributed by atoms with Crippen LogP contribution < -0.4 is 5.32 Å². The first-order chi connectivity index (χ1) is 26.3. The van der Waals surface area contributed by atoms with Crippen molar-refractivity contribution in [1.29, 1.82) is 0 Å². The van der Waals surface area contributed by atoms with Crippen LogP contribution in [0.1, 0.15) is 99.8 Å². The Hall–Kier alpha value is -2.69. The standard InChI is InChI=1S/C35H59NO16S3Si/c1-8-50-56(51-9-2,52-10-3)17-11-16-36-34(46)55-26(6)20-31(43)49-23-35(7,21-47-29(41)18-24(4)53-32(44)14-12-27(37)38)22-48-30(42)19-25(5)54-33(45)15-13-28(39)40/h24-26H,8-23H2,1-7H3,(H,36,46)(H,37,38)(H,39,40). The molecule has 0 aromatic rings. The number of hydrogen-bond acceptors (Lipinski definition) is 17. The lowest BCUT2D eigenvalue weighted by atomic mass is 9.94. The fraction of sp³-hybridized carbons (Fsp3) is 0.771. The van der Waals surface area contributed by atoms with Crippen LogP contribution in [0.5, 0.6) is 0 Å². The molecular weight excluding hydrogens is 815 g/mol. The second kappa shape index (κ2) is 29.5. The van der Waals surface area contributed by atoms with E-state index in [1.54, 1.807) is 27.7 Å². The van der Waals surface area contributed by atoms with Crippen LogP contribution in [0.2, 0.25) is 6.04 Å². The Labute approximate surface area is 342 Å². The summed E-state index contributed by atoms with van der Waals surface area (Å²) >= 11 is 2.58. The van der Waals surface area contributed by atoms with E-state index in [1.807, 2.05) is 20.8 Å². The Morgan fingerprint density at radius 3 is 1.30 bits per heavy atom. The zero-order chi connectivity index (χ0) is 42.7. The van der Waals surface area contributed by atoms with Gasteiger partial charge >= 0.3 is 38.7 Å². The number of carbonyl (C=O) groups excluding carboxylic acids is 6. The van der Waals surface area contributed by atoms with Gasteiger partial charge in [0.2, 0.25) is 0 Å². The number of aliphatic carboxylic acids is 2. The second-order valence-corrected chi connectivity index (χ2v) is 20.2. The number of nitrogens with one attached hydrogen (secondary N) is 1. The zero-order valence-electron chi connectivity index (χ0n) is 33.4. The molecule has 1 amide bonds. The van der Waals surface area contributed by atoms with Crippen LogP contribution in [0, 0.1) is 5.41 Å². The minimum Gasteiger partial charge on any atom is -0.481 e. The van der Waals surface area contributed by atoms with Crippen LogP contribution in [0.4, 0.5) is 4.79 Å². The molecule has 0 aliphatic rings. The lowest BCUT2D eigenvalue weighted by molar-refractivity contribution is -0.160. The Morgan fingerprint density at radius 1 is 0.607 bits per heavy atom. The maximum absolute atomic E-state index is 12.8. The van der Waals surface area contributed by atoms with Crippen molar-refractivity contribution in [3.63, 3.8) is 0 Å². The van der Waals surface area contributed by atoms with Crippen LogP contribution in [-0.4, -0.2) is 126 Å². The molecule has 0 saturated carbocycles. The predicted molar refractivity (Wildman–Crippen MR) is 213 cm³/mol. The number of ether oxygens (including phenoxy) is 3. The highest BCUT2D eigenvalue weighted by atomic mass is 32.2. The smallest absolute Gasteiger partial charge is 0.481 e. The maximum atomic E-state index is 12.8. The quantitative estimate of drug-likeness (QED) is 0.0355. The third-order valence-electron chi connectivity index (χ3n) is 7.19. The van der Waals surface area contributed by atoms with Gasteiger partial charge in [0.15, 0.2) is 10.2 Å². The fourth-order valence-electron chi connectivity index (χ4n) is 4.60. The largest absolute Gasteiger partial charge is 0.500 e. The number of esters is 3. The fourth-order valence-corrected chi connectivity index (χ4v) is 9.76. The van der Waals surface area contributed by atoms with Gasteiger partial charge in [0, 0.05) is 61.0 Å². The van der Waals surface area contributed by atoms with E-state index in [0.29, 0.717) is 38.8 Å². The van der Waals surface area contributed by atoms with Crippen LogP contribution in [0.25, 0.3) is 0 Å². The third kappa shape index (κ3) is 27.0. The van der Waals surface area contributed by atoms with Gasteiger partial charge in [-0.05, 0) is 34.1 Å². The monoisotopic (exact) mass is 873 g/mol. The van der Waals surface area contributed by atoms with Crippen molar-refractivity contribution in [2.24, 2.45) is 5.41 Å². The molecule has 17 nitrogen and oxygen atoms in total. The van der Waals surface area contributed by atoms with E-state index in [4.69, 9.17) is 37.7 Å². The van der Waals surface area contributed by atoms with E-state index < -0.39 is 59.8 Å². The molecule has 0 rings (SSSR count). The normalized spacial score (nSPS) is 14.1. The van der Waals surface area contributed by atoms with Crippen LogP contribution >= 0.6 is 35.3 Å². The summed E-state index contributed by atoms with van der Waals surface area (Å²) in [5.41, 5.74) is -1.22. The number of carbonyl (C=O) groups is 8. The van der Waals surface area contributed by atoms with E-state index in [9.17, 15) is 38.4 Å². The number of amides is 1. The number of carboxylic acids is 2. The van der Waals surface area contributed by atoms with Crippen molar-refractivity contribution in [3.05, 3.63) is 0 Å². The molecule has 56 heavy (non-hydrogen) atoms. The Morgan fingerprint density at radius 2 is 0.964 bits per heavy atom. The molecule has 0 aliphatic heterocycles. The van der Waals surface area contributed by atoms with Gasteiger partial charge < -0.3 is 43.0 Å². The molecule has 0 spiro atoms. The number of carboxylic acid groups (broad SMARTS) is 2. The van der Waals surface area contributed by atoms with Crippen molar-refractivity contribution >= 4 is 89.4 Å². The highest BCUT2D eigenvalue weighted by Gasteiger charge is 2.39. The number of thioether (sulfide) groups is 3. The first kappa shape index (κ1) is 53.3. The highest BCUT2D eigenvalue weighted by Crippen LogP contribution is 2.25. The number of hydrogen-bond donors (Lipinski definition) is 3. The average Bonchev–Trinajstić information content (AvgIpc) is 3.09. The minimum atomic E-state index is -2.84. The summed E-state index contributed by atoms with van der Waals surface area (Å²) in [5.74, 6) is -4.27. The summed E-state index contributed by atoms with van der Waals surface area (Å²) in [6.45, 7) is 12.7. The van der Waals surface area contributed by atoms with Crippen molar-refractivity contribution in [2.45, 2.75) is 122 Å². The maximum Gasteiger partial charge on any atom is 0.500 e. The van der Waals surface area contributed by atoms with Gasteiger partial charge in [-0.15, -0.1) is 0 Å². The second-order valence-electron chi connectivity index (χ2n) is 13.0. The summed E-state index contributed by atoms with van der Waals surface area (Å²) in [6, 6.07) is 0.525. The van der Waals surface area contributed by atoms with Gasteiger partial charge in [-0.2, -0.15) is 0 Å². The molecule has 0 radical (unpaired) electrons. The minimum absolute atomic E-state index is 0.141. The molecule has 322 valence electrons. The molecule has 0 aromatic heterocycles. The van der Waals surface area contributed by atoms with Gasteiger partial charge in [-0.25, -0.2) is 0 Å². The molecule has 0 saturated heterocycles. The average molecular weight is 874 g/mol. The van der Waals surface area contributed by atoms with E-state index in [2.05, 4.69) is 5.32 Å². The van der Waals surface area contributed by atoms with Gasteiger partial charge in [0.25, 0.3) is 5.24 Å². The summed E-state index contributed by atoms with van der Waals surface area (Å²) < 4.78 is 33.8. The van der Waals surface area contributed by atoms with Gasteiger partial charge in [-0.1, -0.05) is 56.1 Å². The first-order valence-corrected chi connectivity index (χ1v) is 23.0. The summed E-state index contributed by atoms with van der Waals surface area (Å²) in [5, 5.41) is 17.7. The summed E-state index contributed by atoms with van der Waals surface area (Å²) in [7, 11) is -2.84. The molecule has 0 aromatic carbocycles. The van der Waals surface area contributed by atoms with Crippen molar-refractivity contribution in [3.8, 4) is 0 Å². The lowest BCUT2D eigenvalue weighted by Gasteiger charge is -2.28. The third-order valence-corrected chi connectivity index (χ3v) is 13.3. The molecule has 21 heteroatoms. The van der Waals surface area contributed by atoms with E-state index in [0.717, 1.165) is 35.3 Å². The lowest BCUT2D eigenvalue weighted by Crippen LogP contribution is -2.46. The molecule has 0 bridgehead atoms.